The third-order valence-corrected chi connectivity index (χ3v) is 14.9. The van der Waals surface area contributed by atoms with Crippen LogP contribution in [0.4, 0.5) is 0 Å². The summed E-state index contributed by atoms with van der Waals surface area (Å²) in [4.78, 5) is 155. The first-order valence-corrected chi connectivity index (χ1v) is 31.3. The van der Waals surface area contributed by atoms with E-state index in [4.69, 9.17) is 28.7 Å². The van der Waals surface area contributed by atoms with Gasteiger partial charge in [0.05, 0.1) is 12.2 Å². The van der Waals surface area contributed by atoms with Crippen molar-refractivity contribution >= 4 is 65.0 Å². The van der Waals surface area contributed by atoms with Crippen LogP contribution >= 0.6 is 0 Å². The molecule has 498 valence electrons. The minimum atomic E-state index is -1.70. The van der Waals surface area contributed by atoms with Crippen LogP contribution in [-0.2, 0) is 59.2 Å². The van der Waals surface area contributed by atoms with Gasteiger partial charge in [-0.25, -0.2) is 0 Å². The summed E-state index contributed by atoms with van der Waals surface area (Å²) in [7, 11) is 0. The van der Waals surface area contributed by atoms with Crippen molar-refractivity contribution in [1.82, 2.24) is 58.5 Å². The molecule has 2 rings (SSSR count). The van der Waals surface area contributed by atoms with Crippen LogP contribution in [0.2, 0.25) is 0 Å². The van der Waals surface area contributed by atoms with Crippen molar-refractivity contribution in [3.05, 3.63) is 35.9 Å². The monoisotopic (exact) mass is 1240 g/mol. The number of rotatable bonds is 34. The van der Waals surface area contributed by atoms with Crippen LogP contribution in [0, 0.1) is 0 Å². The number of unbranched alkanes of at least 4 members (excludes halogenated alkanes) is 9. The second-order valence-electron chi connectivity index (χ2n) is 22.4. The molecule has 1 aromatic carbocycles. The third kappa shape index (κ3) is 29.0. The average molecular weight is 1250 g/mol. The van der Waals surface area contributed by atoms with Gasteiger partial charge in [0.1, 0.15) is 60.4 Å². The SMILES string of the molecule is CCCCCCCC[C@@H]1NC(=O)[C@@H](Cc2ccccc2)NC(=O)[C@H](CCN)NC(=O)[C@@H](NC(=O)[C@H](CCN)NC(=O)[C@@H](NC(=O)[C@H](CCN)NC(=O)CCCCCCC)[C@@H](C)O)CCNC(=O)[C@H]([C@@H](C)O)NC(=O)[C@H](CCN)NC(=O)[C@H](CCN)NC1=O. The van der Waals surface area contributed by atoms with E-state index in [0.717, 1.165) is 51.4 Å². The van der Waals surface area contributed by atoms with E-state index in [1.54, 1.807) is 30.3 Å². The maximum Gasteiger partial charge on any atom is 0.245 e. The molecule has 0 saturated carbocycles. The first-order valence-electron chi connectivity index (χ1n) is 31.3. The Morgan fingerprint density at radius 2 is 0.966 bits per heavy atom. The highest BCUT2D eigenvalue weighted by Crippen LogP contribution is 2.13. The molecule has 1 fully saturated rings. The van der Waals surface area contributed by atoms with Gasteiger partial charge in [0, 0.05) is 19.4 Å². The Kier molecular flexibility index (Phi) is 38.3. The molecule has 1 heterocycles. The fourth-order valence-electron chi connectivity index (χ4n) is 9.72. The Morgan fingerprint density at radius 3 is 1.47 bits per heavy atom. The first kappa shape index (κ1) is 77.2. The van der Waals surface area contributed by atoms with Crippen LogP contribution in [0.3, 0.4) is 0 Å². The molecule has 1 saturated heterocycles. The Morgan fingerprint density at radius 1 is 0.511 bits per heavy atom. The summed E-state index contributed by atoms with van der Waals surface area (Å²) in [5.74, 6) is -9.61. The van der Waals surface area contributed by atoms with E-state index in [-0.39, 0.29) is 84.1 Å². The standard InChI is InChI=1S/C59H104N16O13/c1-5-7-9-11-13-17-21-39-50(79)68-41(24-30-61)51(80)70-44(27-33-64)56(85)74-48(36(3)76)58(87)65-34-28-45(54(83)69-42(25-31-62)53(82)73-46(57(86)67-39)35-38-19-15-14-16-20-38)71-52(81)43(26-32-63)72-59(88)49(37(4)77)75-55(84)40(23-29-60)66-47(78)22-18-12-10-8-6-2/h14-16,19-20,36-37,39-46,48-49,76-77H,5-13,17-18,21-35,60-64H2,1-4H3,(H,65,87)(H,66,78)(H,67,86)(H,68,79)(H,69,83)(H,70,80)(H,71,81)(H,72,88)(H,73,82)(H,74,85)(H,75,84)/t36-,37-,39+,40+,41+,42+,43+,44+,45+,46-,48+,49+/m1/s1. The lowest BCUT2D eigenvalue weighted by Crippen LogP contribution is -2.62. The van der Waals surface area contributed by atoms with Crippen molar-refractivity contribution in [2.75, 3.05) is 39.3 Å². The number of hydrogen-bond donors (Lipinski definition) is 18. The van der Waals surface area contributed by atoms with E-state index in [1.165, 1.54) is 13.8 Å². The number of benzene rings is 1. The highest BCUT2D eigenvalue weighted by Gasteiger charge is 2.37. The third-order valence-electron chi connectivity index (χ3n) is 14.9. The van der Waals surface area contributed by atoms with Gasteiger partial charge in [-0.15, -0.1) is 0 Å². The Bertz CT molecular complexity index is 2340. The van der Waals surface area contributed by atoms with E-state index >= 15 is 0 Å². The molecule has 11 amide bonds. The number of hydrogen-bond acceptors (Lipinski definition) is 18. The molecule has 29 heteroatoms. The second-order valence-corrected chi connectivity index (χ2v) is 22.4. The summed E-state index contributed by atoms with van der Waals surface area (Å²) in [6, 6.07) is -6.10. The summed E-state index contributed by atoms with van der Waals surface area (Å²) in [5.41, 5.74) is 30.1. The quantitative estimate of drug-likeness (QED) is 0.0294. The van der Waals surface area contributed by atoms with Crippen molar-refractivity contribution in [3.63, 3.8) is 0 Å². The number of aliphatic hydroxyl groups excluding tert-OH is 2. The van der Waals surface area contributed by atoms with Crippen molar-refractivity contribution in [2.45, 2.75) is 229 Å². The molecular formula is C59H104N16O13. The van der Waals surface area contributed by atoms with E-state index in [1.807, 2.05) is 0 Å². The summed E-state index contributed by atoms with van der Waals surface area (Å²) in [6.45, 7) is 5.41. The number of aliphatic hydroxyl groups is 2. The molecule has 0 spiro atoms. The van der Waals surface area contributed by atoms with Gasteiger partial charge in [-0.3, -0.25) is 52.7 Å². The lowest BCUT2D eigenvalue weighted by molar-refractivity contribution is -0.137. The van der Waals surface area contributed by atoms with Crippen LogP contribution in [0.25, 0.3) is 0 Å². The lowest BCUT2D eigenvalue weighted by atomic mass is 10.0. The van der Waals surface area contributed by atoms with E-state index in [9.17, 15) is 63.0 Å². The molecule has 1 aliphatic heterocycles. The molecular weight excluding hydrogens is 1140 g/mol. The zero-order chi connectivity index (χ0) is 65.6. The fourth-order valence-corrected chi connectivity index (χ4v) is 9.72. The Hall–Kier alpha value is -6.89. The number of carbonyl (C=O) groups is 11. The van der Waals surface area contributed by atoms with Crippen molar-refractivity contribution in [1.29, 1.82) is 0 Å². The van der Waals surface area contributed by atoms with Gasteiger partial charge in [-0.05, 0) is 104 Å². The molecule has 0 unspecified atom stereocenters. The van der Waals surface area contributed by atoms with Gasteiger partial charge in [0.15, 0.2) is 0 Å². The van der Waals surface area contributed by atoms with Gasteiger partial charge in [0.25, 0.3) is 0 Å². The van der Waals surface area contributed by atoms with Gasteiger partial charge < -0.3 is 97.4 Å². The van der Waals surface area contributed by atoms with Crippen LogP contribution < -0.4 is 87.2 Å². The highest BCUT2D eigenvalue weighted by molar-refractivity contribution is 5.99. The zero-order valence-electron chi connectivity index (χ0n) is 52.0. The molecule has 1 aromatic rings. The maximum absolute atomic E-state index is 14.6. The largest absolute Gasteiger partial charge is 0.391 e. The number of nitrogens with one attached hydrogen (secondary N) is 11. The molecule has 0 aliphatic carbocycles. The van der Waals surface area contributed by atoms with E-state index in [0.29, 0.717) is 24.8 Å². The molecule has 1 aliphatic rings. The smallest absolute Gasteiger partial charge is 0.245 e. The van der Waals surface area contributed by atoms with E-state index < -0.39 is 151 Å². The van der Waals surface area contributed by atoms with Crippen LogP contribution in [0.5, 0.6) is 0 Å². The summed E-state index contributed by atoms with van der Waals surface area (Å²) < 4.78 is 0. The van der Waals surface area contributed by atoms with Crippen molar-refractivity contribution < 1.29 is 63.0 Å². The van der Waals surface area contributed by atoms with Gasteiger partial charge in [0.2, 0.25) is 65.0 Å². The number of carbonyl (C=O) groups excluding carboxylic acids is 11. The molecule has 29 nitrogen and oxygen atoms in total. The maximum atomic E-state index is 14.6. The molecule has 12 atom stereocenters. The van der Waals surface area contributed by atoms with Crippen molar-refractivity contribution in [2.24, 2.45) is 28.7 Å². The molecule has 88 heavy (non-hydrogen) atoms. The topological polar surface area (TPSA) is 491 Å². The number of amides is 11. The van der Waals surface area contributed by atoms with Gasteiger partial charge in [-0.2, -0.15) is 0 Å². The van der Waals surface area contributed by atoms with Crippen molar-refractivity contribution in [3.8, 4) is 0 Å². The van der Waals surface area contributed by atoms with Gasteiger partial charge in [-0.1, -0.05) is 108 Å². The highest BCUT2D eigenvalue weighted by atomic mass is 16.3. The minimum absolute atomic E-state index is 0.0134. The fraction of sp³-hybridized carbons (Fsp3) is 0.712. The van der Waals surface area contributed by atoms with Crippen LogP contribution in [-0.4, -0.2) is 187 Å². The van der Waals surface area contributed by atoms with Gasteiger partial charge >= 0.3 is 0 Å². The normalized spacial score (nSPS) is 22.1. The summed E-state index contributed by atoms with van der Waals surface area (Å²) >= 11 is 0. The summed E-state index contributed by atoms with van der Waals surface area (Å²) in [5, 5.41) is 50.0. The predicted molar refractivity (Wildman–Crippen MR) is 330 cm³/mol. The zero-order valence-corrected chi connectivity index (χ0v) is 52.0. The molecule has 0 bridgehead atoms. The minimum Gasteiger partial charge on any atom is -0.391 e. The molecule has 0 radical (unpaired) electrons. The van der Waals surface area contributed by atoms with E-state index in [2.05, 4.69) is 72.3 Å². The Labute approximate surface area is 517 Å². The van der Waals surface area contributed by atoms with Crippen LogP contribution in [0.15, 0.2) is 30.3 Å². The van der Waals surface area contributed by atoms with Crippen LogP contribution in [0.1, 0.15) is 155 Å². The lowest BCUT2D eigenvalue weighted by Gasteiger charge is -2.28. The first-order chi connectivity index (χ1) is 42.1. The number of nitrogens with two attached hydrogens (primary N) is 5. The average Bonchev–Trinajstić information content (AvgIpc) is 3.68. The molecule has 23 N–H and O–H groups in total. The predicted octanol–water partition coefficient (Wildman–Crippen LogP) is -3.79. The molecule has 0 aromatic heterocycles. The second kappa shape index (κ2) is 43.7. The summed E-state index contributed by atoms with van der Waals surface area (Å²) in [6.07, 6.45) is 5.08. The Balaban J connectivity index is 2.71.